The van der Waals surface area contributed by atoms with Crippen LogP contribution >= 0.6 is 0 Å². The van der Waals surface area contributed by atoms with Gasteiger partial charge in [-0.15, -0.1) is 0 Å². The molecule has 0 N–H and O–H groups in total. The zero-order chi connectivity index (χ0) is 23.9. The van der Waals surface area contributed by atoms with E-state index in [-0.39, 0.29) is 23.4 Å². The lowest BCUT2D eigenvalue weighted by molar-refractivity contribution is 0.104. The van der Waals surface area contributed by atoms with Gasteiger partial charge >= 0.3 is 0 Å². The highest BCUT2D eigenvalue weighted by atomic mass is 16.5. The van der Waals surface area contributed by atoms with Crippen LogP contribution in [0.4, 0.5) is 0 Å². The molecule has 0 radical (unpaired) electrons. The first-order valence-corrected chi connectivity index (χ1v) is 11.1. The van der Waals surface area contributed by atoms with E-state index in [1.807, 2.05) is 39.8 Å². The number of rotatable bonds is 10. The van der Waals surface area contributed by atoms with Gasteiger partial charge in [0.05, 0.1) is 12.2 Å². The van der Waals surface area contributed by atoms with Crippen molar-refractivity contribution in [3.63, 3.8) is 0 Å². The zero-order valence-electron chi connectivity index (χ0n) is 20.4. The second kappa shape index (κ2) is 11.0. The van der Waals surface area contributed by atoms with Gasteiger partial charge in [0, 0.05) is 11.1 Å². The van der Waals surface area contributed by atoms with Crippen LogP contribution in [0.15, 0.2) is 55.1 Å². The number of hydrogen-bond acceptors (Lipinski definition) is 4. The van der Waals surface area contributed by atoms with Crippen LogP contribution in [0.25, 0.3) is 6.08 Å². The van der Waals surface area contributed by atoms with E-state index in [2.05, 4.69) is 27.4 Å². The summed E-state index contributed by atoms with van der Waals surface area (Å²) in [5.74, 6) is 2.18. The van der Waals surface area contributed by atoms with Crippen LogP contribution in [0.1, 0.15) is 70.0 Å². The molecule has 2 rings (SSSR count). The lowest BCUT2D eigenvalue weighted by Crippen LogP contribution is -2.19. The molecule has 0 heterocycles. The van der Waals surface area contributed by atoms with Crippen molar-refractivity contribution in [1.29, 1.82) is 0 Å². The van der Waals surface area contributed by atoms with Crippen molar-refractivity contribution in [2.24, 2.45) is 0 Å². The molecule has 2 aromatic carbocycles. The standard InChI is InChI=1S/C28H36O4/c1-9-16-30-23-13-11-22(12-14-23)24(29)15-10-21-17-25(31-19(2)3)27(28(6,7)8)26(18-21)32-20(4)5/h9-15,17-20H,1,16H2,2-8H3. The quantitative estimate of drug-likeness (QED) is 0.228. The molecule has 0 fully saturated rings. The first-order chi connectivity index (χ1) is 15.0. The van der Waals surface area contributed by atoms with Gasteiger partial charge in [-0.25, -0.2) is 0 Å². The molecule has 0 aliphatic rings. The highest BCUT2D eigenvalue weighted by Gasteiger charge is 2.26. The van der Waals surface area contributed by atoms with Gasteiger partial charge in [0.2, 0.25) is 0 Å². The van der Waals surface area contributed by atoms with Crippen molar-refractivity contribution in [2.75, 3.05) is 6.61 Å². The van der Waals surface area contributed by atoms with Crippen LogP contribution in [-0.2, 0) is 5.41 Å². The van der Waals surface area contributed by atoms with Crippen molar-refractivity contribution in [3.05, 3.63) is 71.8 Å². The van der Waals surface area contributed by atoms with E-state index in [0.717, 1.165) is 22.6 Å². The van der Waals surface area contributed by atoms with Crippen LogP contribution in [0.3, 0.4) is 0 Å². The maximum Gasteiger partial charge on any atom is 0.185 e. The molecule has 0 saturated carbocycles. The Balaban J connectivity index is 2.38. The van der Waals surface area contributed by atoms with Crippen molar-refractivity contribution in [3.8, 4) is 17.2 Å². The van der Waals surface area contributed by atoms with Crippen LogP contribution in [0, 0.1) is 0 Å². The Morgan fingerprint density at radius 3 is 1.94 bits per heavy atom. The summed E-state index contributed by atoms with van der Waals surface area (Å²) in [4.78, 5) is 12.7. The number of ether oxygens (including phenoxy) is 3. The summed E-state index contributed by atoms with van der Waals surface area (Å²) in [6, 6.07) is 11.0. The predicted octanol–water partition coefficient (Wildman–Crippen LogP) is 7.02. The predicted molar refractivity (Wildman–Crippen MR) is 132 cm³/mol. The summed E-state index contributed by atoms with van der Waals surface area (Å²) in [6.07, 6.45) is 5.10. The van der Waals surface area contributed by atoms with Crippen molar-refractivity contribution in [1.82, 2.24) is 0 Å². The molecule has 0 saturated heterocycles. The average Bonchev–Trinajstić information content (AvgIpc) is 2.68. The van der Waals surface area contributed by atoms with Crippen LogP contribution < -0.4 is 14.2 Å². The van der Waals surface area contributed by atoms with Crippen molar-refractivity contribution in [2.45, 2.75) is 66.1 Å². The molecule has 0 unspecified atom stereocenters. The van der Waals surface area contributed by atoms with E-state index in [0.29, 0.717) is 17.9 Å². The maximum atomic E-state index is 12.7. The number of carbonyl (C=O) groups excluding carboxylic acids is 1. The summed E-state index contributed by atoms with van der Waals surface area (Å²) >= 11 is 0. The Morgan fingerprint density at radius 2 is 1.50 bits per heavy atom. The summed E-state index contributed by atoms with van der Waals surface area (Å²) in [5, 5.41) is 0. The molecule has 32 heavy (non-hydrogen) atoms. The Bertz CT molecular complexity index is 913. The molecule has 0 atom stereocenters. The van der Waals surface area contributed by atoms with Gasteiger partial charge in [-0.3, -0.25) is 4.79 Å². The second-order valence-electron chi connectivity index (χ2n) is 9.30. The van der Waals surface area contributed by atoms with Gasteiger partial charge in [0.1, 0.15) is 23.9 Å². The van der Waals surface area contributed by atoms with Crippen LogP contribution in [0.5, 0.6) is 17.2 Å². The van der Waals surface area contributed by atoms with E-state index >= 15 is 0 Å². The molecule has 0 bridgehead atoms. The van der Waals surface area contributed by atoms with E-state index in [9.17, 15) is 4.79 Å². The monoisotopic (exact) mass is 436 g/mol. The third-order valence-electron chi connectivity index (χ3n) is 4.50. The van der Waals surface area contributed by atoms with Gasteiger partial charge in [0.15, 0.2) is 5.78 Å². The zero-order valence-corrected chi connectivity index (χ0v) is 20.4. The van der Waals surface area contributed by atoms with E-state index in [4.69, 9.17) is 14.2 Å². The molecule has 0 aliphatic carbocycles. The van der Waals surface area contributed by atoms with Gasteiger partial charge in [-0.2, -0.15) is 0 Å². The SMILES string of the molecule is C=CCOc1ccc(C(=O)C=Cc2cc(OC(C)C)c(C(C)(C)C)c(OC(C)C)c2)cc1. The van der Waals surface area contributed by atoms with Crippen LogP contribution in [-0.4, -0.2) is 24.6 Å². The maximum absolute atomic E-state index is 12.7. The third-order valence-corrected chi connectivity index (χ3v) is 4.50. The fourth-order valence-corrected chi connectivity index (χ4v) is 3.28. The largest absolute Gasteiger partial charge is 0.491 e. The minimum absolute atomic E-state index is 0.0192. The molecule has 0 spiro atoms. The molecule has 172 valence electrons. The van der Waals surface area contributed by atoms with Crippen molar-refractivity contribution >= 4 is 11.9 Å². The molecule has 2 aromatic rings. The van der Waals surface area contributed by atoms with Gasteiger partial charge in [-0.05, 0) is 81.1 Å². The van der Waals surface area contributed by atoms with Crippen molar-refractivity contribution < 1.29 is 19.0 Å². The minimum Gasteiger partial charge on any atom is -0.491 e. The highest BCUT2D eigenvalue weighted by molar-refractivity contribution is 6.06. The lowest BCUT2D eigenvalue weighted by atomic mass is 9.84. The summed E-state index contributed by atoms with van der Waals surface area (Å²) < 4.78 is 17.8. The van der Waals surface area contributed by atoms with E-state index in [1.165, 1.54) is 0 Å². The third kappa shape index (κ3) is 7.30. The first-order valence-electron chi connectivity index (χ1n) is 11.1. The lowest BCUT2D eigenvalue weighted by Gasteiger charge is -2.28. The number of hydrogen-bond donors (Lipinski definition) is 0. The molecular weight excluding hydrogens is 400 g/mol. The Kier molecular flexibility index (Phi) is 8.71. The topological polar surface area (TPSA) is 44.8 Å². The highest BCUT2D eigenvalue weighted by Crippen LogP contribution is 2.41. The average molecular weight is 437 g/mol. The fourth-order valence-electron chi connectivity index (χ4n) is 3.28. The molecule has 0 aromatic heterocycles. The normalized spacial score (nSPS) is 11.8. The molecular formula is C28H36O4. The number of carbonyl (C=O) groups is 1. The van der Waals surface area contributed by atoms with E-state index < -0.39 is 0 Å². The Labute approximate surface area is 192 Å². The molecule has 0 aliphatic heterocycles. The fraction of sp³-hybridized carbons (Fsp3) is 0.393. The molecule has 4 heteroatoms. The van der Waals surface area contributed by atoms with Gasteiger partial charge in [-0.1, -0.05) is 39.5 Å². The van der Waals surface area contributed by atoms with Gasteiger partial charge < -0.3 is 14.2 Å². The minimum atomic E-state index is -0.165. The number of ketones is 1. The number of allylic oxidation sites excluding steroid dienone is 1. The smallest absolute Gasteiger partial charge is 0.185 e. The first kappa shape index (κ1) is 25.3. The summed E-state index contributed by atoms with van der Waals surface area (Å²) in [7, 11) is 0. The van der Waals surface area contributed by atoms with E-state index in [1.54, 1.807) is 42.5 Å². The molecule has 0 amide bonds. The number of benzene rings is 2. The second-order valence-corrected chi connectivity index (χ2v) is 9.30. The summed E-state index contributed by atoms with van der Waals surface area (Å²) in [5.41, 5.74) is 2.31. The Hall–Kier alpha value is -3.01. The van der Waals surface area contributed by atoms with Crippen LogP contribution in [0.2, 0.25) is 0 Å². The molecule has 4 nitrogen and oxygen atoms in total. The summed E-state index contributed by atoms with van der Waals surface area (Å²) in [6.45, 7) is 18.5. The van der Waals surface area contributed by atoms with Gasteiger partial charge in [0.25, 0.3) is 0 Å². The Morgan fingerprint density at radius 1 is 0.969 bits per heavy atom.